The van der Waals surface area contributed by atoms with Gasteiger partial charge in [0.05, 0.1) is 42.9 Å². The Morgan fingerprint density at radius 2 is 1.90 bits per heavy atom. The number of para-hydroxylation sites is 1. The van der Waals surface area contributed by atoms with E-state index in [2.05, 4.69) is 15.2 Å². The van der Waals surface area contributed by atoms with Crippen molar-refractivity contribution in [3.8, 4) is 11.6 Å². The van der Waals surface area contributed by atoms with Gasteiger partial charge < -0.3 is 14.4 Å². The molecule has 4 rings (SSSR count). The molecule has 0 unspecified atom stereocenters. The lowest BCUT2D eigenvalue weighted by molar-refractivity contribution is 0.0526. The minimum Gasteiger partial charge on any atom is -0.472 e. The summed E-state index contributed by atoms with van der Waals surface area (Å²) >= 11 is 0. The average molecular weight is 407 g/mol. The monoisotopic (exact) mass is 407 g/mol. The lowest BCUT2D eigenvalue weighted by Crippen LogP contribution is -2.44. The van der Waals surface area contributed by atoms with Crippen LogP contribution in [0.5, 0.6) is 5.88 Å². The zero-order valence-electron chi connectivity index (χ0n) is 16.5. The Bertz CT molecular complexity index is 1040. The number of amides is 1. The van der Waals surface area contributed by atoms with Gasteiger partial charge in [-0.1, -0.05) is 12.1 Å². The summed E-state index contributed by atoms with van der Waals surface area (Å²) < 4.78 is 10.7. The maximum Gasteiger partial charge on any atom is 0.338 e. The van der Waals surface area contributed by atoms with Crippen molar-refractivity contribution in [3.05, 3.63) is 66.1 Å². The number of hydrogen-bond donors (Lipinski definition) is 0. The molecule has 0 saturated carbocycles. The van der Waals surface area contributed by atoms with Gasteiger partial charge >= 0.3 is 5.97 Å². The molecule has 9 heteroatoms. The summed E-state index contributed by atoms with van der Waals surface area (Å²) in [4.78, 5) is 32.3. The molecule has 154 valence electrons. The van der Waals surface area contributed by atoms with Gasteiger partial charge in [0.2, 0.25) is 5.88 Å². The quantitative estimate of drug-likeness (QED) is 0.598. The predicted octanol–water partition coefficient (Wildman–Crippen LogP) is 2.13. The second-order valence-corrected chi connectivity index (χ2v) is 6.84. The van der Waals surface area contributed by atoms with Crippen LogP contribution in [0.4, 0.5) is 0 Å². The van der Waals surface area contributed by atoms with E-state index in [0.29, 0.717) is 35.8 Å². The van der Waals surface area contributed by atoms with E-state index in [1.165, 1.54) is 18.1 Å². The molecule has 3 heterocycles. The molecule has 3 aromatic rings. The highest BCUT2D eigenvalue weighted by atomic mass is 16.5. The fraction of sp³-hybridized carbons (Fsp3) is 0.286. The van der Waals surface area contributed by atoms with E-state index in [4.69, 9.17) is 9.47 Å². The van der Waals surface area contributed by atoms with Crippen molar-refractivity contribution >= 4 is 11.9 Å². The largest absolute Gasteiger partial charge is 0.472 e. The number of piperidine rings is 1. The number of esters is 1. The number of hydrogen-bond acceptors (Lipinski definition) is 7. The van der Waals surface area contributed by atoms with E-state index in [1.807, 2.05) is 18.2 Å². The number of carbonyl (C=O) groups excluding carboxylic acids is 2. The fourth-order valence-electron chi connectivity index (χ4n) is 3.45. The molecule has 9 nitrogen and oxygen atoms in total. The molecule has 0 aliphatic carbocycles. The van der Waals surface area contributed by atoms with E-state index in [0.717, 1.165) is 12.8 Å². The van der Waals surface area contributed by atoms with Gasteiger partial charge in [-0.05, 0) is 31.0 Å². The van der Waals surface area contributed by atoms with Crippen LogP contribution < -0.4 is 4.74 Å². The number of ether oxygens (including phenoxy) is 2. The molecule has 2 aromatic heterocycles. The first-order valence-corrected chi connectivity index (χ1v) is 9.61. The van der Waals surface area contributed by atoms with E-state index in [-0.39, 0.29) is 12.0 Å². The third-order valence-corrected chi connectivity index (χ3v) is 4.88. The van der Waals surface area contributed by atoms with Crippen LogP contribution in [-0.4, -0.2) is 63.1 Å². The third kappa shape index (κ3) is 4.14. The van der Waals surface area contributed by atoms with Gasteiger partial charge in [0.25, 0.3) is 5.91 Å². The molecule has 1 atom stereocenters. The van der Waals surface area contributed by atoms with Crippen LogP contribution in [0.25, 0.3) is 5.69 Å². The summed E-state index contributed by atoms with van der Waals surface area (Å²) in [6.45, 7) is 1.05. The molecule has 1 aromatic carbocycles. The number of aromatic nitrogens is 4. The van der Waals surface area contributed by atoms with Crippen molar-refractivity contribution < 1.29 is 19.1 Å². The lowest BCUT2D eigenvalue weighted by atomic mass is 10.1. The van der Waals surface area contributed by atoms with Crippen molar-refractivity contribution in [1.29, 1.82) is 0 Å². The van der Waals surface area contributed by atoms with Crippen LogP contribution in [0.3, 0.4) is 0 Å². The first-order chi connectivity index (χ1) is 14.7. The highest BCUT2D eigenvalue weighted by Crippen LogP contribution is 2.21. The Hall–Kier alpha value is -3.75. The Balaban J connectivity index is 1.49. The Morgan fingerprint density at radius 1 is 1.10 bits per heavy atom. The minimum atomic E-state index is -0.452. The molecular formula is C21H21N5O4. The Labute approximate surface area is 173 Å². The number of likely N-dealkylation sites (tertiary alicyclic amines) is 1. The normalized spacial score (nSPS) is 16.2. The maximum absolute atomic E-state index is 13.2. The fourth-order valence-corrected chi connectivity index (χ4v) is 3.45. The molecule has 1 fully saturated rings. The van der Waals surface area contributed by atoms with Gasteiger partial charge in [0.15, 0.2) is 0 Å². The Morgan fingerprint density at radius 3 is 2.70 bits per heavy atom. The molecule has 0 bridgehead atoms. The van der Waals surface area contributed by atoms with Crippen LogP contribution in [0.1, 0.15) is 33.6 Å². The Kier molecular flexibility index (Phi) is 5.69. The second-order valence-electron chi connectivity index (χ2n) is 6.84. The van der Waals surface area contributed by atoms with Crippen LogP contribution in [0, 0.1) is 0 Å². The molecule has 0 N–H and O–H groups in total. The van der Waals surface area contributed by atoms with E-state index in [9.17, 15) is 9.59 Å². The zero-order valence-corrected chi connectivity index (χ0v) is 16.5. The summed E-state index contributed by atoms with van der Waals surface area (Å²) in [5.74, 6) is -0.225. The first kappa shape index (κ1) is 19.6. The van der Waals surface area contributed by atoms with Crippen LogP contribution in [0.15, 0.2) is 55.0 Å². The van der Waals surface area contributed by atoms with Crippen molar-refractivity contribution in [2.24, 2.45) is 0 Å². The summed E-state index contributed by atoms with van der Waals surface area (Å²) in [7, 11) is 1.32. The van der Waals surface area contributed by atoms with Crippen molar-refractivity contribution in [2.75, 3.05) is 20.2 Å². The van der Waals surface area contributed by atoms with E-state index < -0.39 is 5.97 Å². The molecular weight excluding hydrogens is 386 g/mol. The van der Waals surface area contributed by atoms with Crippen LogP contribution >= 0.6 is 0 Å². The smallest absolute Gasteiger partial charge is 0.338 e. The van der Waals surface area contributed by atoms with Gasteiger partial charge in [0.1, 0.15) is 6.10 Å². The predicted molar refractivity (Wildman–Crippen MR) is 106 cm³/mol. The van der Waals surface area contributed by atoms with Gasteiger partial charge in [0, 0.05) is 18.8 Å². The summed E-state index contributed by atoms with van der Waals surface area (Å²) in [6, 6.07) is 10.4. The molecule has 30 heavy (non-hydrogen) atoms. The topological polar surface area (TPSA) is 99.4 Å². The molecule has 0 radical (unpaired) electrons. The molecule has 1 saturated heterocycles. The van der Waals surface area contributed by atoms with E-state index >= 15 is 0 Å². The van der Waals surface area contributed by atoms with Gasteiger partial charge in [-0.25, -0.2) is 9.78 Å². The average Bonchev–Trinajstić information content (AvgIpc) is 3.33. The SMILES string of the molecule is COC(=O)c1ccnc(O[C@@H]2CCCN(C(=O)c3ccccc3-n3nccn3)C2)c1. The van der Waals surface area contributed by atoms with Crippen molar-refractivity contribution in [1.82, 2.24) is 24.9 Å². The van der Waals surface area contributed by atoms with Crippen molar-refractivity contribution in [2.45, 2.75) is 18.9 Å². The van der Waals surface area contributed by atoms with Gasteiger partial charge in [-0.15, -0.1) is 0 Å². The summed E-state index contributed by atoms with van der Waals surface area (Å²) in [6.07, 6.45) is 6.01. The summed E-state index contributed by atoms with van der Waals surface area (Å²) in [5, 5.41) is 8.28. The number of nitrogens with zero attached hydrogens (tertiary/aromatic N) is 5. The molecule has 1 aliphatic rings. The number of methoxy groups -OCH3 is 1. The van der Waals surface area contributed by atoms with E-state index in [1.54, 1.807) is 35.5 Å². The first-order valence-electron chi connectivity index (χ1n) is 9.61. The highest BCUT2D eigenvalue weighted by molar-refractivity contribution is 5.97. The number of rotatable bonds is 5. The maximum atomic E-state index is 13.2. The molecule has 0 spiro atoms. The molecule has 1 amide bonds. The second kappa shape index (κ2) is 8.73. The van der Waals surface area contributed by atoms with Crippen LogP contribution in [-0.2, 0) is 4.74 Å². The van der Waals surface area contributed by atoms with Crippen molar-refractivity contribution in [3.63, 3.8) is 0 Å². The third-order valence-electron chi connectivity index (χ3n) is 4.88. The minimum absolute atomic E-state index is 0.104. The van der Waals surface area contributed by atoms with Crippen LogP contribution in [0.2, 0.25) is 0 Å². The summed E-state index contributed by atoms with van der Waals surface area (Å²) in [5.41, 5.74) is 1.52. The number of pyridine rings is 1. The lowest BCUT2D eigenvalue weighted by Gasteiger charge is -2.33. The highest BCUT2D eigenvalue weighted by Gasteiger charge is 2.28. The number of carbonyl (C=O) groups is 2. The number of benzene rings is 1. The standard InChI is InChI=1S/C21H21N5O4/c1-29-21(28)15-8-9-22-19(13-15)30-16-5-4-12-25(14-16)20(27)17-6-2-3-7-18(17)26-23-10-11-24-26/h2-3,6-11,13,16H,4-5,12,14H2,1H3/t16-/m1/s1. The molecule has 1 aliphatic heterocycles. The zero-order chi connectivity index (χ0) is 20.9. The van der Waals surface area contributed by atoms with Gasteiger partial charge in [-0.3, -0.25) is 4.79 Å². The van der Waals surface area contributed by atoms with Gasteiger partial charge in [-0.2, -0.15) is 15.0 Å².